The van der Waals surface area contributed by atoms with Gasteiger partial charge in [0.25, 0.3) is 5.69 Å². The standard InChI is InChI=1S/C10H9BrN4O2S/c1-6-8(11)3-7(4-9(6)15(16)17)14-10(18-2)13-5-12/h3-4H,1-2H3,(H,13,14). The second-order valence-electron chi connectivity index (χ2n) is 3.19. The Balaban J connectivity index is 3.27. The van der Waals surface area contributed by atoms with Gasteiger partial charge in [-0.05, 0) is 19.2 Å². The number of nitro benzene ring substituents is 1. The van der Waals surface area contributed by atoms with Crippen molar-refractivity contribution in [3.05, 3.63) is 32.3 Å². The van der Waals surface area contributed by atoms with E-state index in [-0.39, 0.29) is 5.69 Å². The molecule has 0 aliphatic rings. The van der Waals surface area contributed by atoms with Gasteiger partial charge in [-0.25, -0.2) is 4.99 Å². The van der Waals surface area contributed by atoms with Crippen LogP contribution in [0, 0.1) is 28.5 Å². The molecule has 0 saturated heterocycles. The average Bonchev–Trinajstić information content (AvgIpc) is 2.32. The van der Waals surface area contributed by atoms with E-state index in [1.807, 2.05) is 0 Å². The van der Waals surface area contributed by atoms with E-state index in [0.717, 1.165) is 0 Å². The summed E-state index contributed by atoms with van der Waals surface area (Å²) < 4.78 is 0.605. The lowest BCUT2D eigenvalue weighted by atomic mass is 10.2. The highest BCUT2D eigenvalue weighted by Gasteiger charge is 2.15. The van der Waals surface area contributed by atoms with E-state index in [9.17, 15) is 10.1 Å². The molecule has 0 unspecified atom stereocenters. The van der Waals surface area contributed by atoms with E-state index in [0.29, 0.717) is 20.9 Å². The molecule has 18 heavy (non-hydrogen) atoms. The Labute approximate surface area is 116 Å². The molecule has 1 aromatic carbocycles. The first kappa shape index (κ1) is 14.5. The molecule has 0 fully saturated rings. The molecule has 1 N–H and O–H groups in total. The zero-order valence-electron chi connectivity index (χ0n) is 9.60. The molecule has 8 heteroatoms. The maximum absolute atomic E-state index is 10.9. The van der Waals surface area contributed by atoms with Crippen LogP contribution in [0.1, 0.15) is 5.56 Å². The second kappa shape index (κ2) is 6.37. The molecule has 0 saturated carbocycles. The lowest BCUT2D eigenvalue weighted by molar-refractivity contribution is -0.385. The van der Waals surface area contributed by atoms with E-state index < -0.39 is 4.92 Å². The van der Waals surface area contributed by atoms with E-state index in [1.165, 1.54) is 17.8 Å². The second-order valence-corrected chi connectivity index (χ2v) is 4.84. The first-order valence-corrected chi connectivity index (χ1v) is 6.73. The fraction of sp³-hybridized carbons (Fsp3) is 0.200. The topological polar surface area (TPSA) is 91.3 Å². The molecule has 0 aliphatic heterocycles. The first-order chi connectivity index (χ1) is 8.49. The van der Waals surface area contributed by atoms with E-state index >= 15 is 0 Å². The van der Waals surface area contributed by atoms with Crippen LogP contribution in [0.15, 0.2) is 21.6 Å². The minimum Gasteiger partial charge on any atom is -0.271 e. The molecule has 94 valence electrons. The van der Waals surface area contributed by atoms with Gasteiger partial charge in [0.2, 0.25) is 0 Å². The third-order valence-corrected chi connectivity index (χ3v) is 3.49. The molecule has 0 bridgehead atoms. The summed E-state index contributed by atoms with van der Waals surface area (Å²) in [6.45, 7) is 1.65. The minimum absolute atomic E-state index is 0.0134. The molecule has 0 aromatic heterocycles. The van der Waals surface area contributed by atoms with Crippen molar-refractivity contribution in [1.29, 1.82) is 5.26 Å². The van der Waals surface area contributed by atoms with Gasteiger partial charge in [0.05, 0.1) is 10.6 Å². The number of halogens is 1. The highest BCUT2D eigenvalue weighted by Crippen LogP contribution is 2.31. The number of hydrogen-bond acceptors (Lipinski definition) is 5. The monoisotopic (exact) mass is 328 g/mol. The van der Waals surface area contributed by atoms with E-state index in [1.54, 1.807) is 25.4 Å². The number of nitro groups is 1. The number of rotatable bonds is 2. The van der Waals surface area contributed by atoms with Gasteiger partial charge >= 0.3 is 0 Å². The van der Waals surface area contributed by atoms with Crippen LogP contribution in [0.3, 0.4) is 0 Å². The van der Waals surface area contributed by atoms with Gasteiger partial charge in [0.1, 0.15) is 0 Å². The lowest BCUT2D eigenvalue weighted by Crippen LogP contribution is -2.12. The van der Waals surface area contributed by atoms with Crippen LogP contribution < -0.4 is 5.32 Å². The van der Waals surface area contributed by atoms with Crippen LogP contribution in [0.5, 0.6) is 0 Å². The maximum Gasteiger partial charge on any atom is 0.275 e. The molecule has 0 atom stereocenters. The molecular formula is C10H9BrN4O2S. The van der Waals surface area contributed by atoms with Crippen molar-refractivity contribution < 1.29 is 4.92 Å². The largest absolute Gasteiger partial charge is 0.275 e. The van der Waals surface area contributed by atoms with Gasteiger partial charge in [-0.15, -0.1) is 0 Å². The van der Waals surface area contributed by atoms with Gasteiger partial charge in [-0.1, -0.05) is 27.7 Å². The Hall–Kier alpha value is -1.59. The summed E-state index contributed by atoms with van der Waals surface area (Å²) in [4.78, 5) is 14.5. The van der Waals surface area contributed by atoms with E-state index in [4.69, 9.17) is 5.26 Å². The Morgan fingerprint density at radius 2 is 2.33 bits per heavy atom. The highest BCUT2D eigenvalue weighted by molar-refractivity contribution is 9.10. The van der Waals surface area contributed by atoms with E-state index in [2.05, 4.69) is 26.2 Å². The quantitative estimate of drug-likeness (QED) is 0.225. The van der Waals surface area contributed by atoms with Crippen molar-refractivity contribution in [2.24, 2.45) is 4.99 Å². The molecule has 1 rings (SSSR count). The lowest BCUT2D eigenvalue weighted by Gasteiger charge is -2.03. The number of amidine groups is 1. The predicted molar refractivity (Wildman–Crippen MR) is 74.9 cm³/mol. The smallest absolute Gasteiger partial charge is 0.271 e. The zero-order chi connectivity index (χ0) is 13.7. The number of nitrogens with one attached hydrogen (secondary N) is 1. The average molecular weight is 329 g/mol. The molecule has 0 amide bonds. The summed E-state index contributed by atoms with van der Waals surface area (Å²) in [7, 11) is 0. The number of benzene rings is 1. The first-order valence-electron chi connectivity index (χ1n) is 4.72. The van der Waals surface area contributed by atoms with Crippen LogP contribution in [0.25, 0.3) is 0 Å². The Morgan fingerprint density at radius 1 is 1.67 bits per heavy atom. The third-order valence-electron chi connectivity index (χ3n) is 2.09. The maximum atomic E-state index is 10.9. The normalized spacial score (nSPS) is 10.9. The van der Waals surface area contributed by atoms with Crippen molar-refractivity contribution in [2.75, 3.05) is 6.26 Å². The summed E-state index contributed by atoms with van der Waals surface area (Å²) in [6, 6.07) is 3.03. The highest BCUT2D eigenvalue weighted by atomic mass is 79.9. The van der Waals surface area contributed by atoms with Crippen LogP contribution in [-0.2, 0) is 0 Å². The molecule has 6 nitrogen and oxygen atoms in total. The third kappa shape index (κ3) is 3.45. The van der Waals surface area contributed by atoms with Crippen LogP contribution >= 0.6 is 27.7 Å². The Kier molecular flexibility index (Phi) is 5.12. The number of aliphatic imine (C=N–C) groups is 1. The molecule has 0 heterocycles. The number of thioether (sulfide) groups is 1. The summed E-state index contributed by atoms with van der Waals surface area (Å²) in [5.41, 5.74) is 0.935. The van der Waals surface area contributed by atoms with Gasteiger partial charge < -0.3 is 0 Å². The zero-order valence-corrected chi connectivity index (χ0v) is 12.0. The van der Waals surface area contributed by atoms with Crippen LogP contribution in [0.2, 0.25) is 0 Å². The van der Waals surface area contributed by atoms with Gasteiger partial charge in [-0.2, -0.15) is 5.26 Å². The summed E-state index contributed by atoms with van der Waals surface area (Å²) in [5.74, 6) is 0. The van der Waals surface area contributed by atoms with Gasteiger partial charge in [0, 0.05) is 16.1 Å². The fourth-order valence-electron chi connectivity index (χ4n) is 1.19. The van der Waals surface area contributed by atoms with Crippen molar-refractivity contribution in [3.63, 3.8) is 0 Å². The van der Waals surface area contributed by atoms with Crippen molar-refractivity contribution in [3.8, 4) is 6.19 Å². The van der Waals surface area contributed by atoms with Crippen LogP contribution in [-0.4, -0.2) is 16.3 Å². The summed E-state index contributed by atoms with van der Waals surface area (Å²) in [6.07, 6.45) is 3.51. The van der Waals surface area contributed by atoms with Crippen molar-refractivity contribution in [1.82, 2.24) is 5.32 Å². The Bertz CT molecular complexity index is 554. The fourth-order valence-corrected chi connectivity index (χ4v) is 1.98. The van der Waals surface area contributed by atoms with Crippen molar-refractivity contribution in [2.45, 2.75) is 6.92 Å². The molecule has 0 spiro atoms. The number of hydrogen-bond donors (Lipinski definition) is 1. The predicted octanol–water partition coefficient (Wildman–Crippen LogP) is 3.09. The van der Waals surface area contributed by atoms with Gasteiger partial charge in [-0.3, -0.25) is 15.4 Å². The SMILES string of the molecule is CSC(=Nc1cc(Br)c(C)c([N+](=O)[O-])c1)NC#N. The number of nitriles is 1. The summed E-state index contributed by atoms with van der Waals surface area (Å²) in [5, 5.41) is 22.2. The van der Waals surface area contributed by atoms with Crippen LogP contribution in [0.4, 0.5) is 11.4 Å². The summed E-state index contributed by atoms with van der Waals surface area (Å²) >= 11 is 4.49. The molecule has 1 aromatic rings. The Morgan fingerprint density at radius 3 is 2.83 bits per heavy atom. The molecular weight excluding hydrogens is 320 g/mol. The molecule has 0 aliphatic carbocycles. The molecule has 0 radical (unpaired) electrons. The van der Waals surface area contributed by atoms with Gasteiger partial charge in [0.15, 0.2) is 11.4 Å². The van der Waals surface area contributed by atoms with Crippen molar-refractivity contribution >= 4 is 44.2 Å². The number of nitrogens with zero attached hydrogens (tertiary/aromatic N) is 3. The minimum atomic E-state index is -0.463.